The van der Waals surface area contributed by atoms with Crippen LogP contribution in [0.3, 0.4) is 0 Å². The van der Waals surface area contributed by atoms with Crippen LogP contribution >= 0.6 is 0 Å². The predicted octanol–water partition coefficient (Wildman–Crippen LogP) is 5.34. The van der Waals surface area contributed by atoms with Crippen molar-refractivity contribution in [1.29, 1.82) is 0 Å². The summed E-state index contributed by atoms with van der Waals surface area (Å²) in [6, 6.07) is 18.4. The van der Waals surface area contributed by atoms with Crippen LogP contribution in [0.15, 0.2) is 72.9 Å². The molecule has 170 valence electrons. The molecule has 34 heavy (non-hydrogen) atoms. The number of aromatic nitrogens is 1. The summed E-state index contributed by atoms with van der Waals surface area (Å²) in [6.07, 6.45) is 1.75. The minimum atomic E-state index is -0.534. The van der Waals surface area contributed by atoms with Crippen molar-refractivity contribution < 1.29 is 29.6 Å². The van der Waals surface area contributed by atoms with Crippen molar-refractivity contribution in [2.75, 3.05) is 14.2 Å². The second kappa shape index (κ2) is 8.04. The van der Waals surface area contributed by atoms with Crippen LogP contribution in [0.1, 0.15) is 10.5 Å². The van der Waals surface area contributed by atoms with E-state index < -0.39 is 5.97 Å². The van der Waals surface area contributed by atoms with E-state index in [1.54, 1.807) is 77.3 Å². The average molecular weight is 455 g/mol. The molecule has 0 fully saturated rings. The number of fused-ring (bicyclic) bond motifs is 3. The van der Waals surface area contributed by atoms with E-state index in [1.807, 2.05) is 0 Å². The average Bonchev–Trinajstić information content (AvgIpc) is 3.19. The number of phenols is 3. The largest absolute Gasteiger partial charge is 0.508 e. The summed E-state index contributed by atoms with van der Waals surface area (Å²) < 4.78 is 12.3. The molecule has 0 saturated carbocycles. The van der Waals surface area contributed by atoms with Gasteiger partial charge in [0.1, 0.15) is 17.2 Å². The summed E-state index contributed by atoms with van der Waals surface area (Å²) in [4.78, 5) is 13.1. The van der Waals surface area contributed by atoms with Crippen molar-refractivity contribution in [2.24, 2.45) is 0 Å². The number of hydrogen-bond donors (Lipinski definition) is 3. The van der Waals surface area contributed by atoms with Crippen LogP contribution < -0.4 is 4.74 Å². The van der Waals surface area contributed by atoms with Crippen molar-refractivity contribution in [2.45, 2.75) is 0 Å². The number of methoxy groups -OCH3 is 2. The first-order valence-corrected chi connectivity index (χ1v) is 10.5. The first-order valence-electron chi connectivity index (χ1n) is 10.5. The number of rotatable bonds is 4. The number of aromatic hydroxyl groups is 3. The van der Waals surface area contributed by atoms with Crippen molar-refractivity contribution in [1.82, 2.24) is 4.40 Å². The van der Waals surface area contributed by atoms with Crippen molar-refractivity contribution in [3.8, 4) is 45.3 Å². The number of carbonyl (C=O) groups excluding carboxylic acids is 1. The Kier molecular flexibility index (Phi) is 5.02. The normalized spacial score (nSPS) is 11.1. The smallest absolute Gasteiger partial charge is 0.355 e. The monoisotopic (exact) mass is 455 g/mol. The number of benzene rings is 3. The summed E-state index contributed by atoms with van der Waals surface area (Å²) in [5.74, 6) is -0.0199. The van der Waals surface area contributed by atoms with E-state index in [0.717, 1.165) is 21.9 Å². The molecule has 0 unspecified atom stereocenters. The fraction of sp³-hybridized carbons (Fsp3) is 0.0741. The molecule has 3 aromatic carbocycles. The van der Waals surface area contributed by atoms with Gasteiger partial charge in [-0.2, -0.15) is 0 Å². The Balaban J connectivity index is 2.03. The number of ether oxygens (including phenoxy) is 2. The second-order valence-electron chi connectivity index (χ2n) is 7.83. The van der Waals surface area contributed by atoms with E-state index in [9.17, 15) is 20.1 Å². The maximum Gasteiger partial charge on any atom is 0.355 e. The van der Waals surface area contributed by atoms with Gasteiger partial charge in [0.05, 0.1) is 19.7 Å². The highest BCUT2D eigenvalue weighted by Gasteiger charge is 2.27. The molecular weight excluding hydrogens is 434 g/mol. The van der Waals surface area contributed by atoms with Gasteiger partial charge >= 0.3 is 5.97 Å². The zero-order valence-electron chi connectivity index (χ0n) is 18.4. The topological polar surface area (TPSA) is 101 Å². The van der Waals surface area contributed by atoms with E-state index in [0.29, 0.717) is 28.1 Å². The maximum atomic E-state index is 13.1. The van der Waals surface area contributed by atoms with Gasteiger partial charge in [-0.15, -0.1) is 0 Å². The van der Waals surface area contributed by atoms with Crippen molar-refractivity contribution in [3.63, 3.8) is 0 Å². The number of nitrogens with zero attached hydrogens (tertiary/aromatic N) is 1. The molecule has 0 radical (unpaired) electrons. The highest BCUT2D eigenvalue weighted by Crippen LogP contribution is 2.45. The molecule has 0 aliphatic heterocycles. The first kappa shape index (κ1) is 21.2. The zero-order valence-corrected chi connectivity index (χ0v) is 18.4. The highest BCUT2D eigenvalue weighted by atomic mass is 16.5. The zero-order chi connectivity index (χ0) is 24.0. The summed E-state index contributed by atoms with van der Waals surface area (Å²) in [7, 11) is 2.80. The Morgan fingerprint density at radius 2 is 1.38 bits per heavy atom. The van der Waals surface area contributed by atoms with E-state index in [2.05, 4.69) is 0 Å². The maximum absolute atomic E-state index is 13.1. The summed E-state index contributed by atoms with van der Waals surface area (Å²) >= 11 is 0. The third kappa shape index (κ3) is 3.26. The van der Waals surface area contributed by atoms with Gasteiger partial charge in [0.25, 0.3) is 0 Å². The third-order valence-electron chi connectivity index (χ3n) is 5.91. The molecule has 5 aromatic rings. The molecule has 0 amide bonds. The van der Waals surface area contributed by atoms with Gasteiger partial charge < -0.3 is 29.2 Å². The predicted molar refractivity (Wildman–Crippen MR) is 129 cm³/mol. The van der Waals surface area contributed by atoms with Crippen LogP contribution in [0.4, 0.5) is 0 Å². The molecule has 0 saturated heterocycles. The van der Waals surface area contributed by atoms with Gasteiger partial charge in [-0.3, -0.25) is 0 Å². The fourth-order valence-electron chi connectivity index (χ4n) is 4.36. The highest BCUT2D eigenvalue weighted by molar-refractivity contribution is 6.14. The second-order valence-corrected chi connectivity index (χ2v) is 7.83. The molecule has 3 N–H and O–H groups in total. The van der Waals surface area contributed by atoms with Gasteiger partial charge in [0.2, 0.25) is 0 Å². The van der Waals surface area contributed by atoms with Crippen molar-refractivity contribution in [3.05, 3.63) is 78.6 Å². The summed E-state index contributed by atoms with van der Waals surface area (Å²) in [5.41, 5.74) is 3.80. The lowest BCUT2D eigenvalue weighted by Crippen LogP contribution is -2.07. The molecule has 2 heterocycles. The standard InChI is InChI=1S/C27H21NO6/c1-33-22-14-20-17(13-21(22)31)11-12-28-25(20)23(15-3-7-18(29)8-4-15)24(26(28)27(32)34-2)16-5-9-19(30)10-6-16/h3-14,29-31H,1-2H3. The van der Waals surface area contributed by atoms with Crippen molar-refractivity contribution >= 4 is 22.3 Å². The van der Waals surface area contributed by atoms with E-state index in [4.69, 9.17) is 9.47 Å². The van der Waals surface area contributed by atoms with Crippen LogP contribution in [0.2, 0.25) is 0 Å². The van der Waals surface area contributed by atoms with Crippen LogP contribution in [-0.4, -0.2) is 39.9 Å². The molecule has 0 bridgehead atoms. The Morgan fingerprint density at radius 1 is 0.794 bits per heavy atom. The Morgan fingerprint density at radius 3 is 1.94 bits per heavy atom. The SMILES string of the molecule is COC(=O)c1c(-c2ccc(O)cc2)c(-c2ccc(O)cc2)c2c3cc(OC)c(O)cc3ccn12. The Bertz CT molecular complexity index is 1550. The molecule has 0 atom stereocenters. The Hall–Kier alpha value is -4.65. The lowest BCUT2D eigenvalue weighted by atomic mass is 9.94. The van der Waals surface area contributed by atoms with E-state index in [-0.39, 0.29) is 17.2 Å². The molecule has 0 spiro atoms. The lowest BCUT2D eigenvalue weighted by molar-refractivity contribution is 0.0594. The molecular formula is C27H21NO6. The Labute approximate surface area is 194 Å². The van der Waals surface area contributed by atoms with Gasteiger partial charge in [-0.05, 0) is 59.0 Å². The van der Waals surface area contributed by atoms with E-state index in [1.165, 1.54) is 14.2 Å². The molecule has 0 aliphatic carbocycles. The van der Waals surface area contributed by atoms with Gasteiger partial charge in [-0.25, -0.2) is 4.79 Å². The fourth-order valence-corrected chi connectivity index (χ4v) is 4.36. The van der Waals surface area contributed by atoms with Crippen LogP contribution in [0.25, 0.3) is 38.5 Å². The first-order chi connectivity index (χ1) is 16.4. The van der Waals surface area contributed by atoms with Crippen LogP contribution in [0.5, 0.6) is 23.0 Å². The number of esters is 1. The molecule has 7 nitrogen and oxygen atoms in total. The third-order valence-corrected chi connectivity index (χ3v) is 5.91. The quantitative estimate of drug-likeness (QED) is 0.316. The lowest BCUT2D eigenvalue weighted by Gasteiger charge is -2.10. The van der Waals surface area contributed by atoms with Crippen LogP contribution in [0, 0.1) is 0 Å². The summed E-state index contributed by atoms with van der Waals surface area (Å²) in [5, 5.41) is 31.6. The number of pyridine rings is 1. The molecule has 5 rings (SSSR count). The number of hydrogen-bond acceptors (Lipinski definition) is 6. The number of carbonyl (C=O) groups is 1. The minimum Gasteiger partial charge on any atom is -0.508 e. The molecule has 2 aromatic heterocycles. The van der Waals surface area contributed by atoms with Crippen LogP contribution in [-0.2, 0) is 4.74 Å². The van der Waals surface area contributed by atoms with Gasteiger partial charge in [-0.1, -0.05) is 24.3 Å². The number of phenolic OH excluding ortho intramolecular Hbond substituents is 3. The molecule has 7 heteroatoms. The van der Waals surface area contributed by atoms with Gasteiger partial charge in [0, 0.05) is 22.7 Å². The summed E-state index contributed by atoms with van der Waals surface area (Å²) in [6.45, 7) is 0. The molecule has 0 aliphatic rings. The van der Waals surface area contributed by atoms with Gasteiger partial charge in [0.15, 0.2) is 11.5 Å². The van der Waals surface area contributed by atoms with E-state index >= 15 is 0 Å². The minimum absolute atomic E-state index is 0.00374.